The summed E-state index contributed by atoms with van der Waals surface area (Å²) < 4.78 is 0. The van der Waals surface area contributed by atoms with Crippen LogP contribution in [0, 0.1) is 19.8 Å². The molecule has 2 aromatic rings. The van der Waals surface area contributed by atoms with Crippen LogP contribution in [0.2, 0.25) is 0 Å². The van der Waals surface area contributed by atoms with E-state index >= 15 is 0 Å². The number of aryl methyl sites for hydroxylation is 1. The molecule has 0 radical (unpaired) electrons. The van der Waals surface area contributed by atoms with E-state index in [9.17, 15) is 9.59 Å². The summed E-state index contributed by atoms with van der Waals surface area (Å²) in [7, 11) is 0. The van der Waals surface area contributed by atoms with E-state index in [1.54, 1.807) is 0 Å². The molecule has 22 heavy (non-hydrogen) atoms. The molecule has 0 spiro atoms. The van der Waals surface area contributed by atoms with Crippen molar-refractivity contribution in [3.05, 3.63) is 39.7 Å². The molecule has 0 saturated heterocycles. The van der Waals surface area contributed by atoms with E-state index in [4.69, 9.17) is 0 Å². The van der Waals surface area contributed by atoms with Crippen LogP contribution in [0.4, 0.5) is 5.69 Å². The Morgan fingerprint density at radius 1 is 1.14 bits per heavy atom. The number of aromatic amines is 1. The third kappa shape index (κ3) is 2.78. The monoisotopic (exact) mass is 298 g/mol. The van der Waals surface area contributed by atoms with Crippen molar-refractivity contribution >= 4 is 22.5 Å². The van der Waals surface area contributed by atoms with E-state index in [1.165, 1.54) is 6.42 Å². The van der Waals surface area contributed by atoms with Crippen LogP contribution in [-0.4, -0.2) is 10.9 Å². The van der Waals surface area contributed by atoms with Gasteiger partial charge >= 0.3 is 0 Å². The van der Waals surface area contributed by atoms with Crippen LogP contribution in [0.3, 0.4) is 0 Å². The van der Waals surface area contributed by atoms with Crippen LogP contribution >= 0.6 is 0 Å². The van der Waals surface area contributed by atoms with Crippen molar-refractivity contribution in [2.45, 2.75) is 46.0 Å². The Morgan fingerprint density at radius 3 is 2.59 bits per heavy atom. The summed E-state index contributed by atoms with van der Waals surface area (Å²) in [5, 5.41) is 4.02. The first-order valence-electron chi connectivity index (χ1n) is 8.00. The Morgan fingerprint density at radius 2 is 1.86 bits per heavy atom. The van der Waals surface area contributed by atoms with Gasteiger partial charge in [-0.25, -0.2) is 0 Å². The lowest BCUT2D eigenvalue weighted by Crippen LogP contribution is -2.24. The number of carbonyl (C=O) groups excluding carboxylic acids is 1. The molecule has 1 aliphatic carbocycles. The van der Waals surface area contributed by atoms with Crippen molar-refractivity contribution in [3.63, 3.8) is 0 Å². The highest BCUT2D eigenvalue weighted by molar-refractivity contribution is 5.95. The quantitative estimate of drug-likeness (QED) is 0.888. The number of anilines is 1. The number of H-pyrrole nitrogens is 1. The van der Waals surface area contributed by atoms with Crippen molar-refractivity contribution in [1.82, 2.24) is 4.98 Å². The first kappa shape index (κ1) is 14.8. The Hall–Kier alpha value is -2.10. The molecule has 0 unspecified atom stereocenters. The third-order valence-electron chi connectivity index (χ3n) is 4.82. The number of pyridine rings is 1. The number of carbonyl (C=O) groups is 1. The average Bonchev–Trinajstić information content (AvgIpc) is 2.53. The maximum Gasteiger partial charge on any atom is 0.251 e. The van der Waals surface area contributed by atoms with Gasteiger partial charge in [0, 0.05) is 22.6 Å². The fourth-order valence-corrected chi connectivity index (χ4v) is 3.25. The summed E-state index contributed by atoms with van der Waals surface area (Å²) in [5.74, 6) is 0.230. The van der Waals surface area contributed by atoms with E-state index in [0.717, 1.165) is 53.4 Å². The SMILES string of the molecule is Cc1c(C)c2ccc(NC(=O)C3CCCCC3)cc2[nH]c1=O. The molecule has 0 bridgehead atoms. The summed E-state index contributed by atoms with van der Waals surface area (Å²) in [6.45, 7) is 3.78. The van der Waals surface area contributed by atoms with Crippen LogP contribution in [0.25, 0.3) is 10.9 Å². The maximum atomic E-state index is 12.3. The summed E-state index contributed by atoms with van der Waals surface area (Å²) >= 11 is 0. The normalized spacial score (nSPS) is 15.9. The van der Waals surface area contributed by atoms with Crippen LogP contribution < -0.4 is 10.9 Å². The molecule has 2 N–H and O–H groups in total. The second kappa shape index (κ2) is 5.95. The summed E-state index contributed by atoms with van der Waals surface area (Å²) in [6, 6.07) is 5.72. The lowest BCUT2D eigenvalue weighted by molar-refractivity contribution is -0.120. The molecule has 1 aromatic carbocycles. The zero-order valence-corrected chi connectivity index (χ0v) is 13.2. The molecule has 1 aromatic heterocycles. The molecule has 116 valence electrons. The fourth-order valence-electron chi connectivity index (χ4n) is 3.25. The fraction of sp³-hybridized carbons (Fsp3) is 0.444. The van der Waals surface area contributed by atoms with E-state index in [1.807, 2.05) is 32.0 Å². The molecule has 4 heteroatoms. The molecule has 1 fully saturated rings. The minimum absolute atomic E-state index is 0.0687. The van der Waals surface area contributed by atoms with Crippen molar-refractivity contribution in [3.8, 4) is 0 Å². The van der Waals surface area contributed by atoms with Crippen LogP contribution in [0.5, 0.6) is 0 Å². The van der Waals surface area contributed by atoms with Gasteiger partial charge in [-0.1, -0.05) is 25.3 Å². The molecule has 0 aliphatic heterocycles. The highest BCUT2D eigenvalue weighted by Crippen LogP contribution is 2.26. The number of rotatable bonds is 2. The van der Waals surface area contributed by atoms with Gasteiger partial charge in [-0.2, -0.15) is 0 Å². The number of hydrogen-bond acceptors (Lipinski definition) is 2. The molecular weight excluding hydrogens is 276 g/mol. The predicted octanol–water partition coefficient (Wildman–Crippen LogP) is 3.66. The van der Waals surface area contributed by atoms with Crippen LogP contribution in [0.15, 0.2) is 23.0 Å². The predicted molar refractivity (Wildman–Crippen MR) is 89.2 cm³/mol. The zero-order valence-electron chi connectivity index (χ0n) is 13.2. The highest BCUT2D eigenvalue weighted by atomic mass is 16.2. The van der Waals surface area contributed by atoms with Crippen molar-refractivity contribution in [2.24, 2.45) is 5.92 Å². The lowest BCUT2D eigenvalue weighted by atomic mass is 9.88. The minimum Gasteiger partial charge on any atom is -0.326 e. The Bertz CT molecular complexity index is 770. The van der Waals surface area contributed by atoms with Crippen molar-refractivity contribution < 1.29 is 4.79 Å². The average molecular weight is 298 g/mol. The van der Waals surface area contributed by atoms with Crippen LogP contribution in [0.1, 0.15) is 43.2 Å². The molecular formula is C18H22N2O2. The Kier molecular flexibility index (Phi) is 4.01. The molecule has 1 amide bonds. The van der Waals surface area contributed by atoms with Crippen molar-refractivity contribution in [2.75, 3.05) is 5.32 Å². The number of fused-ring (bicyclic) bond motifs is 1. The largest absolute Gasteiger partial charge is 0.326 e. The molecule has 4 nitrogen and oxygen atoms in total. The lowest BCUT2D eigenvalue weighted by Gasteiger charge is -2.20. The second-order valence-electron chi connectivity index (χ2n) is 6.29. The van der Waals surface area contributed by atoms with Gasteiger partial charge in [-0.05, 0) is 44.4 Å². The number of amides is 1. The smallest absolute Gasteiger partial charge is 0.251 e. The van der Waals surface area contributed by atoms with Gasteiger partial charge in [0.2, 0.25) is 5.91 Å². The molecule has 1 aliphatic rings. The maximum absolute atomic E-state index is 12.3. The molecule has 3 rings (SSSR count). The van der Waals surface area contributed by atoms with E-state index in [2.05, 4.69) is 10.3 Å². The van der Waals surface area contributed by atoms with Gasteiger partial charge in [-0.15, -0.1) is 0 Å². The summed E-state index contributed by atoms with van der Waals surface area (Å²) in [6.07, 6.45) is 5.48. The number of aromatic nitrogens is 1. The Balaban J connectivity index is 1.87. The Labute approximate surface area is 129 Å². The van der Waals surface area contributed by atoms with Gasteiger partial charge in [-0.3, -0.25) is 9.59 Å². The second-order valence-corrected chi connectivity index (χ2v) is 6.29. The summed E-state index contributed by atoms with van der Waals surface area (Å²) in [4.78, 5) is 27.1. The third-order valence-corrected chi connectivity index (χ3v) is 4.82. The van der Waals surface area contributed by atoms with Gasteiger partial charge in [0.15, 0.2) is 0 Å². The first-order chi connectivity index (χ1) is 10.6. The van der Waals surface area contributed by atoms with Gasteiger partial charge < -0.3 is 10.3 Å². The molecule has 1 heterocycles. The molecule has 1 saturated carbocycles. The summed E-state index contributed by atoms with van der Waals surface area (Å²) in [5.41, 5.74) is 3.19. The van der Waals surface area contributed by atoms with Gasteiger partial charge in [0.05, 0.1) is 5.52 Å². The van der Waals surface area contributed by atoms with E-state index < -0.39 is 0 Å². The molecule has 0 atom stereocenters. The standard InChI is InChI=1S/C18H22N2O2/c1-11-12(2)17(21)20-16-10-14(8-9-15(11)16)19-18(22)13-6-4-3-5-7-13/h8-10,13H,3-7H2,1-2H3,(H,19,22)(H,20,21). The minimum atomic E-state index is -0.0687. The zero-order chi connectivity index (χ0) is 15.7. The van der Waals surface area contributed by atoms with E-state index in [-0.39, 0.29) is 17.4 Å². The number of nitrogens with one attached hydrogen (secondary N) is 2. The van der Waals surface area contributed by atoms with E-state index in [0.29, 0.717) is 0 Å². The first-order valence-corrected chi connectivity index (χ1v) is 8.00. The van der Waals surface area contributed by atoms with Gasteiger partial charge in [0.1, 0.15) is 0 Å². The van der Waals surface area contributed by atoms with Crippen LogP contribution in [-0.2, 0) is 4.79 Å². The highest BCUT2D eigenvalue weighted by Gasteiger charge is 2.21. The van der Waals surface area contributed by atoms with Gasteiger partial charge in [0.25, 0.3) is 5.56 Å². The topological polar surface area (TPSA) is 62.0 Å². The van der Waals surface area contributed by atoms with Crippen molar-refractivity contribution in [1.29, 1.82) is 0 Å². The number of benzene rings is 1. The number of hydrogen-bond donors (Lipinski definition) is 2.